The topological polar surface area (TPSA) is 102 Å². The third kappa shape index (κ3) is 4.01. The van der Waals surface area contributed by atoms with E-state index in [4.69, 9.17) is 27.2 Å². The van der Waals surface area contributed by atoms with Crippen LogP contribution < -0.4 is 15.8 Å². The highest BCUT2D eigenvalue weighted by atomic mass is 35.5. The van der Waals surface area contributed by atoms with Crippen LogP contribution in [0.15, 0.2) is 42.5 Å². The van der Waals surface area contributed by atoms with Gasteiger partial charge in [-0.2, -0.15) is 0 Å². The molecule has 6 nitrogen and oxygen atoms in total. The van der Waals surface area contributed by atoms with Crippen molar-refractivity contribution in [3.05, 3.63) is 53.3 Å². The van der Waals surface area contributed by atoms with Gasteiger partial charge >= 0.3 is 5.97 Å². The minimum absolute atomic E-state index is 0.0627. The normalized spacial score (nSPS) is 13.0. The first kappa shape index (κ1) is 17.7. The average molecular weight is 353 g/mol. The number of amides is 1. The maximum absolute atomic E-state index is 13.1. The number of carboxylic acids is 1. The summed E-state index contributed by atoms with van der Waals surface area (Å²) in [6.07, 6.45) is 0. The maximum atomic E-state index is 13.1. The number of ether oxygens (including phenoxy) is 1. The molecule has 0 unspecified atom stereocenters. The van der Waals surface area contributed by atoms with Crippen LogP contribution in [-0.4, -0.2) is 22.5 Å². The molecule has 0 saturated carbocycles. The molecule has 126 valence electrons. The molecular weight excluding hydrogens is 339 g/mol. The predicted molar refractivity (Wildman–Crippen MR) is 86.8 cm³/mol. The van der Waals surface area contributed by atoms with E-state index in [0.29, 0.717) is 17.2 Å². The Morgan fingerprint density at radius 3 is 2.33 bits per heavy atom. The van der Waals surface area contributed by atoms with Crippen molar-refractivity contribution in [2.24, 2.45) is 5.73 Å². The Morgan fingerprint density at radius 1 is 1.21 bits per heavy atom. The molecule has 4 N–H and O–H groups in total. The number of benzene rings is 2. The first-order valence-electron chi connectivity index (χ1n) is 6.77. The third-order valence-corrected chi connectivity index (χ3v) is 3.44. The Labute approximate surface area is 142 Å². The van der Waals surface area contributed by atoms with Crippen molar-refractivity contribution in [1.29, 1.82) is 0 Å². The number of nitrogens with two attached hydrogens (primary N) is 1. The number of carbonyl (C=O) groups is 2. The Hall–Kier alpha value is -2.64. The summed E-state index contributed by atoms with van der Waals surface area (Å²) in [4.78, 5) is 22.7. The van der Waals surface area contributed by atoms with Gasteiger partial charge in [-0.05, 0) is 43.3 Å². The van der Waals surface area contributed by atoms with E-state index in [0.717, 1.165) is 6.92 Å². The van der Waals surface area contributed by atoms with Gasteiger partial charge in [-0.1, -0.05) is 11.6 Å². The summed E-state index contributed by atoms with van der Waals surface area (Å²) in [5.41, 5.74) is 3.74. The smallest absolute Gasteiger partial charge is 0.333 e. The fourth-order valence-corrected chi connectivity index (χ4v) is 1.81. The lowest BCUT2D eigenvalue weighted by molar-refractivity contribution is -0.146. The standard InChI is InChI=1S/C16H14ClFN2O4/c1-16(19,15(22)23)14(21)20-9-2-4-10(5-3-9)24-11-6-7-13(18)12(17)8-11/h2-8H,19H2,1H3,(H,20,21)(H,22,23)/t16-/m0/s1. The van der Waals surface area contributed by atoms with Gasteiger partial charge in [-0.15, -0.1) is 0 Å². The van der Waals surface area contributed by atoms with Crippen molar-refractivity contribution >= 4 is 29.2 Å². The van der Waals surface area contributed by atoms with Gasteiger partial charge in [0, 0.05) is 11.8 Å². The van der Waals surface area contributed by atoms with Crippen LogP contribution in [0.1, 0.15) is 6.92 Å². The van der Waals surface area contributed by atoms with Gasteiger partial charge in [0.15, 0.2) is 5.54 Å². The fraction of sp³-hybridized carbons (Fsp3) is 0.125. The molecule has 0 saturated heterocycles. The predicted octanol–water partition coefficient (Wildman–Crippen LogP) is 3.01. The third-order valence-electron chi connectivity index (χ3n) is 3.15. The van der Waals surface area contributed by atoms with Crippen molar-refractivity contribution in [2.45, 2.75) is 12.5 Å². The maximum Gasteiger partial charge on any atom is 0.333 e. The largest absolute Gasteiger partial charge is 0.479 e. The molecule has 1 amide bonds. The highest BCUT2D eigenvalue weighted by Crippen LogP contribution is 2.27. The van der Waals surface area contributed by atoms with Crippen molar-refractivity contribution in [1.82, 2.24) is 0 Å². The number of halogens is 2. The number of aliphatic carboxylic acids is 1. The molecule has 0 radical (unpaired) electrons. The second-order valence-corrected chi connectivity index (χ2v) is 5.57. The first-order valence-corrected chi connectivity index (χ1v) is 7.14. The highest BCUT2D eigenvalue weighted by molar-refractivity contribution is 6.30. The van der Waals surface area contributed by atoms with Gasteiger partial charge < -0.3 is 20.9 Å². The van der Waals surface area contributed by atoms with E-state index in [-0.39, 0.29) is 5.02 Å². The second kappa shape index (κ2) is 6.86. The number of nitrogens with one attached hydrogen (secondary N) is 1. The van der Waals surface area contributed by atoms with E-state index in [9.17, 15) is 14.0 Å². The summed E-state index contributed by atoms with van der Waals surface area (Å²) in [5, 5.41) is 11.2. The molecule has 0 heterocycles. The Morgan fingerprint density at radius 2 is 1.79 bits per heavy atom. The molecular formula is C16H14ClFN2O4. The molecule has 2 aromatic rings. The van der Waals surface area contributed by atoms with Crippen molar-refractivity contribution in [3.63, 3.8) is 0 Å². The lowest BCUT2D eigenvalue weighted by Gasteiger charge is -2.18. The van der Waals surface area contributed by atoms with Gasteiger partial charge in [0.2, 0.25) is 0 Å². The van der Waals surface area contributed by atoms with E-state index in [2.05, 4.69) is 5.32 Å². The monoisotopic (exact) mass is 352 g/mol. The minimum Gasteiger partial charge on any atom is -0.479 e. The van der Waals surface area contributed by atoms with E-state index in [1.54, 1.807) is 12.1 Å². The van der Waals surface area contributed by atoms with E-state index in [1.807, 2.05) is 0 Å². The number of hydrogen-bond donors (Lipinski definition) is 3. The van der Waals surface area contributed by atoms with Gasteiger partial charge in [0.05, 0.1) is 5.02 Å². The second-order valence-electron chi connectivity index (χ2n) is 5.16. The molecule has 8 heteroatoms. The number of hydrogen-bond acceptors (Lipinski definition) is 4. The summed E-state index contributed by atoms with van der Waals surface area (Å²) in [6, 6.07) is 10.0. The van der Waals surface area contributed by atoms with Crippen LogP contribution in [0, 0.1) is 5.82 Å². The number of anilines is 1. The molecule has 0 aromatic heterocycles. The summed E-state index contributed by atoms with van der Waals surface area (Å²) in [7, 11) is 0. The fourth-order valence-electron chi connectivity index (χ4n) is 1.64. The Kier molecular flexibility index (Phi) is 5.06. The van der Waals surface area contributed by atoms with Gasteiger partial charge in [0.1, 0.15) is 17.3 Å². The quantitative estimate of drug-likeness (QED) is 0.718. The Balaban J connectivity index is 2.06. The molecule has 0 bridgehead atoms. The Bertz CT molecular complexity index is 778. The number of rotatable bonds is 5. The lowest BCUT2D eigenvalue weighted by Crippen LogP contribution is -2.54. The summed E-state index contributed by atoms with van der Waals surface area (Å²) < 4.78 is 18.6. The van der Waals surface area contributed by atoms with E-state index in [1.165, 1.54) is 30.3 Å². The molecule has 0 aliphatic heterocycles. The molecule has 2 rings (SSSR count). The van der Waals surface area contributed by atoms with Crippen LogP contribution in [0.3, 0.4) is 0 Å². The lowest BCUT2D eigenvalue weighted by atomic mass is 10.0. The summed E-state index contributed by atoms with van der Waals surface area (Å²) in [6.45, 7) is 1.10. The molecule has 0 aliphatic carbocycles. The van der Waals surface area contributed by atoms with Crippen molar-refractivity contribution < 1.29 is 23.8 Å². The minimum atomic E-state index is -2.04. The first-order chi connectivity index (χ1) is 11.2. The molecule has 24 heavy (non-hydrogen) atoms. The van der Waals surface area contributed by atoms with Crippen LogP contribution >= 0.6 is 11.6 Å². The van der Waals surface area contributed by atoms with Gasteiger partial charge in [-0.3, -0.25) is 4.79 Å². The average Bonchev–Trinajstić information content (AvgIpc) is 2.52. The van der Waals surface area contributed by atoms with Crippen LogP contribution in [0.4, 0.5) is 10.1 Å². The molecule has 0 aliphatic rings. The zero-order chi connectivity index (χ0) is 17.9. The van der Waals surface area contributed by atoms with Crippen LogP contribution in [0.5, 0.6) is 11.5 Å². The van der Waals surface area contributed by atoms with Crippen molar-refractivity contribution in [2.75, 3.05) is 5.32 Å². The molecule has 0 fully saturated rings. The number of carbonyl (C=O) groups excluding carboxylic acids is 1. The zero-order valence-corrected chi connectivity index (χ0v) is 13.3. The summed E-state index contributed by atoms with van der Waals surface area (Å²) >= 11 is 5.67. The van der Waals surface area contributed by atoms with Gasteiger partial charge in [0.25, 0.3) is 5.91 Å². The SMILES string of the molecule is C[C@@](N)(C(=O)O)C(=O)Nc1ccc(Oc2ccc(F)c(Cl)c2)cc1. The van der Waals surface area contributed by atoms with Crippen molar-refractivity contribution in [3.8, 4) is 11.5 Å². The van der Waals surface area contributed by atoms with E-state index >= 15 is 0 Å². The number of carboxylic acid groups (broad SMARTS) is 1. The summed E-state index contributed by atoms with van der Waals surface area (Å²) in [5.74, 6) is -2.07. The zero-order valence-electron chi connectivity index (χ0n) is 12.5. The van der Waals surface area contributed by atoms with Crippen LogP contribution in [0.25, 0.3) is 0 Å². The van der Waals surface area contributed by atoms with Crippen LogP contribution in [0.2, 0.25) is 5.02 Å². The van der Waals surface area contributed by atoms with Crippen LogP contribution in [-0.2, 0) is 9.59 Å². The molecule has 0 spiro atoms. The van der Waals surface area contributed by atoms with E-state index < -0.39 is 23.2 Å². The molecule has 1 atom stereocenters. The highest BCUT2D eigenvalue weighted by Gasteiger charge is 2.36. The van der Waals surface area contributed by atoms with Gasteiger partial charge in [-0.25, -0.2) is 9.18 Å². The molecule has 2 aromatic carbocycles.